The van der Waals surface area contributed by atoms with Gasteiger partial charge in [0.2, 0.25) is 0 Å². The minimum atomic E-state index is 0.720. The normalized spacial score (nSPS) is 38.8. The topological polar surface area (TPSA) is 12.0 Å². The molecule has 0 aromatic heterocycles. The lowest BCUT2D eigenvalue weighted by molar-refractivity contribution is 0.0254. The maximum Gasteiger partial charge on any atom is -0.00153 e. The quantitative estimate of drug-likeness (QED) is 0.774. The van der Waals surface area contributed by atoms with E-state index in [1.807, 2.05) is 0 Å². The fourth-order valence-electron chi connectivity index (χ4n) is 4.60. The van der Waals surface area contributed by atoms with E-state index in [2.05, 4.69) is 26.1 Å². The van der Waals surface area contributed by atoms with E-state index < -0.39 is 0 Å². The monoisotopic (exact) mass is 237 g/mol. The van der Waals surface area contributed by atoms with E-state index >= 15 is 0 Å². The summed E-state index contributed by atoms with van der Waals surface area (Å²) >= 11 is 0. The van der Waals surface area contributed by atoms with Crippen LogP contribution >= 0.6 is 0 Å². The van der Waals surface area contributed by atoms with Crippen molar-refractivity contribution >= 4 is 0 Å². The number of piperidine rings is 1. The SMILES string of the molecule is CCC1CNCCC12CCCC(CC(C)C)C2. The molecular weight excluding hydrogens is 206 g/mol. The summed E-state index contributed by atoms with van der Waals surface area (Å²) in [6.45, 7) is 9.73. The zero-order valence-corrected chi connectivity index (χ0v) is 12.1. The highest BCUT2D eigenvalue weighted by atomic mass is 14.9. The first-order valence-corrected chi connectivity index (χ1v) is 7.87. The van der Waals surface area contributed by atoms with Crippen LogP contribution in [0.3, 0.4) is 0 Å². The van der Waals surface area contributed by atoms with Crippen molar-refractivity contribution < 1.29 is 0 Å². The maximum atomic E-state index is 3.61. The van der Waals surface area contributed by atoms with Crippen molar-refractivity contribution in [3.63, 3.8) is 0 Å². The standard InChI is InChI=1S/C16H31N/c1-4-15-12-17-9-8-16(15)7-5-6-14(11-16)10-13(2)3/h13-15,17H,4-12H2,1-3H3. The third kappa shape index (κ3) is 3.05. The molecule has 0 radical (unpaired) electrons. The Morgan fingerprint density at radius 2 is 2.12 bits per heavy atom. The van der Waals surface area contributed by atoms with Gasteiger partial charge in [0.25, 0.3) is 0 Å². The summed E-state index contributed by atoms with van der Waals surface area (Å²) in [5, 5.41) is 3.61. The Morgan fingerprint density at radius 1 is 1.29 bits per heavy atom. The van der Waals surface area contributed by atoms with Crippen molar-refractivity contribution in [3.8, 4) is 0 Å². The zero-order valence-electron chi connectivity index (χ0n) is 12.1. The molecule has 0 aromatic rings. The number of nitrogens with one attached hydrogen (secondary N) is 1. The lowest BCUT2D eigenvalue weighted by Crippen LogP contribution is -2.47. The molecule has 1 nitrogen and oxygen atoms in total. The molecule has 1 heterocycles. The summed E-state index contributed by atoms with van der Waals surface area (Å²) in [5.74, 6) is 2.86. The van der Waals surface area contributed by atoms with Gasteiger partial charge in [-0.2, -0.15) is 0 Å². The molecule has 3 unspecified atom stereocenters. The minimum Gasteiger partial charge on any atom is -0.316 e. The molecule has 100 valence electrons. The lowest BCUT2D eigenvalue weighted by atomic mass is 9.58. The van der Waals surface area contributed by atoms with Crippen LogP contribution in [0.5, 0.6) is 0 Å². The molecule has 0 amide bonds. The summed E-state index contributed by atoms with van der Waals surface area (Å²) in [6.07, 6.45) is 10.3. The fraction of sp³-hybridized carbons (Fsp3) is 1.00. The summed E-state index contributed by atoms with van der Waals surface area (Å²) < 4.78 is 0. The molecule has 3 atom stereocenters. The molecule has 17 heavy (non-hydrogen) atoms. The second-order valence-electron chi connectivity index (χ2n) is 7.01. The Balaban J connectivity index is 2.02. The van der Waals surface area contributed by atoms with Gasteiger partial charge in [-0.3, -0.25) is 0 Å². The van der Waals surface area contributed by atoms with Gasteiger partial charge in [-0.25, -0.2) is 0 Å². The average Bonchev–Trinajstić information content (AvgIpc) is 2.29. The van der Waals surface area contributed by atoms with Crippen molar-refractivity contribution in [1.29, 1.82) is 0 Å². The van der Waals surface area contributed by atoms with Crippen molar-refractivity contribution in [3.05, 3.63) is 0 Å². The molecule has 0 aromatic carbocycles. The fourth-order valence-corrected chi connectivity index (χ4v) is 4.60. The Morgan fingerprint density at radius 3 is 2.82 bits per heavy atom. The van der Waals surface area contributed by atoms with E-state index in [1.165, 1.54) is 58.0 Å². The van der Waals surface area contributed by atoms with Gasteiger partial charge in [0.1, 0.15) is 0 Å². The van der Waals surface area contributed by atoms with Crippen molar-refractivity contribution in [1.82, 2.24) is 5.32 Å². The summed E-state index contributed by atoms with van der Waals surface area (Å²) in [6, 6.07) is 0. The molecule has 1 aliphatic carbocycles. The first-order valence-electron chi connectivity index (χ1n) is 7.87. The van der Waals surface area contributed by atoms with Gasteiger partial charge >= 0.3 is 0 Å². The predicted octanol–water partition coefficient (Wildman–Crippen LogP) is 4.23. The molecule has 1 N–H and O–H groups in total. The maximum absolute atomic E-state index is 3.61. The second-order valence-corrected chi connectivity index (χ2v) is 7.01. The average molecular weight is 237 g/mol. The third-order valence-electron chi connectivity index (χ3n) is 5.34. The third-order valence-corrected chi connectivity index (χ3v) is 5.34. The van der Waals surface area contributed by atoms with E-state index in [-0.39, 0.29) is 0 Å². The molecule has 1 spiro atoms. The van der Waals surface area contributed by atoms with Crippen LogP contribution in [0, 0.1) is 23.2 Å². The van der Waals surface area contributed by atoms with Gasteiger partial charge in [0.15, 0.2) is 0 Å². The zero-order chi connectivity index (χ0) is 12.3. The summed E-state index contributed by atoms with van der Waals surface area (Å²) in [5.41, 5.74) is 0.720. The molecule has 0 bridgehead atoms. The smallest absolute Gasteiger partial charge is 0.00153 e. The highest BCUT2D eigenvalue weighted by molar-refractivity contribution is 4.95. The van der Waals surface area contributed by atoms with E-state index in [0.717, 1.165) is 23.2 Å². The Hall–Kier alpha value is -0.0400. The highest BCUT2D eigenvalue weighted by Crippen LogP contribution is 2.50. The Labute approximate surface area is 108 Å². The minimum absolute atomic E-state index is 0.720. The van der Waals surface area contributed by atoms with Crippen LogP contribution in [-0.2, 0) is 0 Å². The highest BCUT2D eigenvalue weighted by Gasteiger charge is 2.42. The van der Waals surface area contributed by atoms with Gasteiger partial charge in [-0.1, -0.05) is 40.0 Å². The van der Waals surface area contributed by atoms with E-state index in [4.69, 9.17) is 0 Å². The Bertz CT molecular complexity index is 232. The molecule has 1 aliphatic heterocycles. The van der Waals surface area contributed by atoms with Gasteiger partial charge in [0.05, 0.1) is 0 Å². The van der Waals surface area contributed by atoms with Crippen LogP contribution in [0.25, 0.3) is 0 Å². The first kappa shape index (κ1) is 13.4. The van der Waals surface area contributed by atoms with Crippen LogP contribution in [-0.4, -0.2) is 13.1 Å². The molecule has 2 aliphatic rings. The molecule has 1 saturated heterocycles. The van der Waals surface area contributed by atoms with Crippen molar-refractivity contribution in [2.45, 2.75) is 65.7 Å². The van der Waals surface area contributed by atoms with E-state index in [0.29, 0.717) is 0 Å². The second kappa shape index (κ2) is 5.73. The number of rotatable bonds is 3. The van der Waals surface area contributed by atoms with Crippen molar-refractivity contribution in [2.75, 3.05) is 13.1 Å². The Kier molecular flexibility index (Phi) is 4.52. The first-order chi connectivity index (χ1) is 8.16. The van der Waals surface area contributed by atoms with Crippen LogP contribution < -0.4 is 5.32 Å². The van der Waals surface area contributed by atoms with Crippen LogP contribution in [0.15, 0.2) is 0 Å². The van der Waals surface area contributed by atoms with Gasteiger partial charge in [0, 0.05) is 0 Å². The van der Waals surface area contributed by atoms with Crippen molar-refractivity contribution in [2.24, 2.45) is 23.2 Å². The van der Waals surface area contributed by atoms with Crippen LogP contribution in [0.1, 0.15) is 65.7 Å². The van der Waals surface area contributed by atoms with Crippen LogP contribution in [0.4, 0.5) is 0 Å². The molecule has 1 saturated carbocycles. The molecule has 2 fully saturated rings. The largest absolute Gasteiger partial charge is 0.316 e. The van der Waals surface area contributed by atoms with Crippen LogP contribution in [0.2, 0.25) is 0 Å². The number of hydrogen-bond acceptors (Lipinski definition) is 1. The lowest BCUT2D eigenvalue weighted by Gasteiger charge is -2.49. The van der Waals surface area contributed by atoms with Gasteiger partial charge < -0.3 is 5.32 Å². The molecule has 2 rings (SSSR count). The predicted molar refractivity (Wildman–Crippen MR) is 75.1 cm³/mol. The van der Waals surface area contributed by atoms with E-state index in [9.17, 15) is 0 Å². The van der Waals surface area contributed by atoms with Gasteiger partial charge in [-0.05, 0) is 61.9 Å². The molecular formula is C16H31N. The summed E-state index contributed by atoms with van der Waals surface area (Å²) in [7, 11) is 0. The number of hydrogen-bond donors (Lipinski definition) is 1. The van der Waals surface area contributed by atoms with E-state index in [1.54, 1.807) is 0 Å². The van der Waals surface area contributed by atoms with Gasteiger partial charge in [-0.15, -0.1) is 0 Å². The summed E-state index contributed by atoms with van der Waals surface area (Å²) in [4.78, 5) is 0. The molecule has 1 heteroatoms.